The molecule has 0 amide bonds. The maximum absolute atomic E-state index is 5.99. The van der Waals surface area contributed by atoms with Crippen molar-refractivity contribution in [3.63, 3.8) is 0 Å². The van der Waals surface area contributed by atoms with Gasteiger partial charge in [-0.3, -0.25) is 4.90 Å². The summed E-state index contributed by atoms with van der Waals surface area (Å²) >= 11 is 0. The topological polar surface area (TPSA) is 51.6 Å². The Balaban J connectivity index is 2.06. The summed E-state index contributed by atoms with van der Waals surface area (Å²) in [6.07, 6.45) is 1.72. The molecule has 2 N–H and O–H groups in total. The second kappa shape index (κ2) is 5.80. The second-order valence-electron chi connectivity index (χ2n) is 4.74. The minimum absolute atomic E-state index is 0.771. The number of hydrogen-bond donors (Lipinski definition) is 1. The van der Waals surface area contributed by atoms with E-state index in [-0.39, 0.29) is 0 Å². The molecular formula is C15H20N2O2. The van der Waals surface area contributed by atoms with Gasteiger partial charge < -0.3 is 14.9 Å². The second-order valence-corrected chi connectivity index (χ2v) is 4.74. The Kier molecular flexibility index (Phi) is 4.12. The lowest BCUT2D eigenvalue weighted by Gasteiger charge is -2.18. The average Bonchev–Trinajstić information content (AvgIpc) is 2.78. The Labute approximate surface area is 113 Å². The van der Waals surface area contributed by atoms with Crippen LogP contribution >= 0.6 is 0 Å². The van der Waals surface area contributed by atoms with Crippen LogP contribution in [0.15, 0.2) is 34.9 Å². The molecule has 0 spiro atoms. The summed E-state index contributed by atoms with van der Waals surface area (Å²) < 4.78 is 10.5. The SMILES string of the molecule is COc1ccc(N)c(CN(C)Cc2ccoc2C)c1. The molecule has 0 aliphatic rings. The van der Waals surface area contributed by atoms with Gasteiger partial charge in [0.25, 0.3) is 0 Å². The number of aryl methyl sites for hydroxylation is 1. The van der Waals surface area contributed by atoms with Gasteiger partial charge >= 0.3 is 0 Å². The predicted molar refractivity (Wildman–Crippen MR) is 76.0 cm³/mol. The van der Waals surface area contributed by atoms with Crippen molar-refractivity contribution in [1.29, 1.82) is 0 Å². The molecule has 0 fully saturated rings. The number of nitrogen functional groups attached to an aromatic ring is 1. The Morgan fingerprint density at radius 3 is 2.58 bits per heavy atom. The highest BCUT2D eigenvalue weighted by Gasteiger charge is 2.08. The van der Waals surface area contributed by atoms with Crippen LogP contribution in [0.3, 0.4) is 0 Å². The van der Waals surface area contributed by atoms with Crippen molar-refractivity contribution in [3.05, 3.63) is 47.4 Å². The van der Waals surface area contributed by atoms with Crippen LogP contribution in [-0.4, -0.2) is 19.1 Å². The first-order valence-electron chi connectivity index (χ1n) is 6.24. The molecule has 2 rings (SSSR count). The molecule has 1 aromatic carbocycles. The number of nitrogens with two attached hydrogens (primary N) is 1. The molecule has 4 nitrogen and oxygen atoms in total. The summed E-state index contributed by atoms with van der Waals surface area (Å²) in [6.45, 7) is 3.58. The first-order chi connectivity index (χ1) is 9.10. The highest BCUT2D eigenvalue weighted by atomic mass is 16.5. The largest absolute Gasteiger partial charge is 0.497 e. The molecule has 1 heterocycles. The molecule has 0 saturated heterocycles. The quantitative estimate of drug-likeness (QED) is 0.840. The fourth-order valence-electron chi connectivity index (χ4n) is 2.06. The molecule has 102 valence electrons. The molecule has 0 bridgehead atoms. The van der Waals surface area contributed by atoms with Gasteiger partial charge in [0.05, 0.1) is 13.4 Å². The Hall–Kier alpha value is -1.94. The number of benzene rings is 1. The maximum Gasteiger partial charge on any atom is 0.119 e. The predicted octanol–water partition coefficient (Wildman–Crippen LogP) is 2.81. The maximum atomic E-state index is 5.99. The normalized spacial score (nSPS) is 10.9. The number of ether oxygens (including phenoxy) is 1. The molecule has 1 aromatic heterocycles. The van der Waals surface area contributed by atoms with E-state index < -0.39 is 0 Å². The van der Waals surface area contributed by atoms with Gasteiger partial charge in [-0.1, -0.05) is 0 Å². The Morgan fingerprint density at radius 1 is 1.21 bits per heavy atom. The van der Waals surface area contributed by atoms with Crippen molar-refractivity contribution in [3.8, 4) is 5.75 Å². The van der Waals surface area contributed by atoms with E-state index in [4.69, 9.17) is 14.9 Å². The van der Waals surface area contributed by atoms with Crippen LogP contribution in [0.2, 0.25) is 0 Å². The third-order valence-electron chi connectivity index (χ3n) is 3.20. The lowest BCUT2D eigenvalue weighted by molar-refractivity contribution is 0.316. The molecule has 0 saturated carbocycles. The van der Waals surface area contributed by atoms with E-state index in [1.807, 2.05) is 31.2 Å². The van der Waals surface area contributed by atoms with Crippen molar-refractivity contribution in [2.24, 2.45) is 0 Å². The molecule has 0 unspecified atom stereocenters. The summed E-state index contributed by atoms with van der Waals surface area (Å²) in [7, 11) is 3.72. The lowest BCUT2D eigenvalue weighted by Crippen LogP contribution is -2.18. The van der Waals surface area contributed by atoms with Crippen LogP contribution in [0.5, 0.6) is 5.75 Å². The van der Waals surface area contributed by atoms with E-state index in [0.717, 1.165) is 35.9 Å². The van der Waals surface area contributed by atoms with Crippen LogP contribution in [0, 0.1) is 6.92 Å². The zero-order valence-electron chi connectivity index (χ0n) is 11.6. The van der Waals surface area contributed by atoms with E-state index in [0.29, 0.717) is 0 Å². The van der Waals surface area contributed by atoms with E-state index in [1.165, 1.54) is 5.56 Å². The molecule has 0 atom stereocenters. The standard InChI is InChI=1S/C15H20N2O2/c1-11-12(6-7-19-11)9-17(2)10-13-8-14(18-3)4-5-15(13)16/h4-8H,9-10,16H2,1-3H3. The zero-order valence-corrected chi connectivity index (χ0v) is 11.6. The number of nitrogens with zero attached hydrogens (tertiary/aromatic N) is 1. The van der Waals surface area contributed by atoms with Gasteiger partial charge in [0.15, 0.2) is 0 Å². The average molecular weight is 260 g/mol. The fraction of sp³-hybridized carbons (Fsp3) is 0.333. The molecule has 4 heteroatoms. The van der Waals surface area contributed by atoms with Crippen molar-refractivity contribution in [2.75, 3.05) is 19.9 Å². The number of hydrogen-bond acceptors (Lipinski definition) is 4. The summed E-state index contributed by atoms with van der Waals surface area (Å²) in [4.78, 5) is 2.20. The van der Waals surface area contributed by atoms with E-state index >= 15 is 0 Å². The van der Waals surface area contributed by atoms with Crippen LogP contribution in [0.4, 0.5) is 5.69 Å². The summed E-state index contributed by atoms with van der Waals surface area (Å²) in [5.74, 6) is 1.79. The van der Waals surface area contributed by atoms with Crippen LogP contribution in [-0.2, 0) is 13.1 Å². The minimum atomic E-state index is 0.771. The Bertz CT molecular complexity index is 549. The van der Waals surface area contributed by atoms with Gasteiger partial charge in [-0.25, -0.2) is 0 Å². The van der Waals surface area contributed by atoms with Crippen molar-refractivity contribution < 1.29 is 9.15 Å². The van der Waals surface area contributed by atoms with Gasteiger partial charge in [0.1, 0.15) is 11.5 Å². The summed E-state index contributed by atoms with van der Waals surface area (Å²) in [6, 6.07) is 7.74. The minimum Gasteiger partial charge on any atom is -0.497 e. The molecule has 0 radical (unpaired) electrons. The highest BCUT2D eigenvalue weighted by molar-refractivity contribution is 5.50. The van der Waals surface area contributed by atoms with E-state index in [2.05, 4.69) is 11.9 Å². The van der Waals surface area contributed by atoms with Crippen LogP contribution in [0.25, 0.3) is 0 Å². The van der Waals surface area contributed by atoms with Gasteiger partial charge in [-0.15, -0.1) is 0 Å². The molecule has 0 aliphatic carbocycles. The van der Waals surface area contributed by atoms with Crippen LogP contribution < -0.4 is 10.5 Å². The summed E-state index contributed by atoms with van der Waals surface area (Å²) in [5, 5.41) is 0. The first kappa shape index (κ1) is 13.5. The highest BCUT2D eigenvalue weighted by Crippen LogP contribution is 2.21. The van der Waals surface area contributed by atoms with E-state index in [9.17, 15) is 0 Å². The first-order valence-corrected chi connectivity index (χ1v) is 6.24. The van der Waals surface area contributed by atoms with Gasteiger partial charge in [-0.05, 0) is 43.8 Å². The van der Waals surface area contributed by atoms with Gasteiger partial charge in [-0.2, -0.15) is 0 Å². The molecular weight excluding hydrogens is 240 g/mol. The van der Waals surface area contributed by atoms with Gasteiger partial charge in [0.2, 0.25) is 0 Å². The molecule has 0 aliphatic heterocycles. The monoisotopic (exact) mass is 260 g/mol. The van der Waals surface area contributed by atoms with Crippen molar-refractivity contribution in [2.45, 2.75) is 20.0 Å². The zero-order chi connectivity index (χ0) is 13.8. The van der Waals surface area contributed by atoms with Crippen LogP contribution in [0.1, 0.15) is 16.9 Å². The smallest absolute Gasteiger partial charge is 0.119 e. The van der Waals surface area contributed by atoms with E-state index in [1.54, 1.807) is 13.4 Å². The number of anilines is 1. The number of methoxy groups -OCH3 is 1. The number of rotatable bonds is 5. The Morgan fingerprint density at radius 2 is 1.95 bits per heavy atom. The molecule has 2 aromatic rings. The van der Waals surface area contributed by atoms with Crippen molar-refractivity contribution in [1.82, 2.24) is 4.90 Å². The van der Waals surface area contributed by atoms with Gasteiger partial charge in [0, 0.05) is 24.3 Å². The molecule has 19 heavy (non-hydrogen) atoms. The fourth-order valence-corrected chi connectivity index (χ4v) is 2.06. The lowest BCUT2D eigenvalue weighted by atomic mass is 10.1. The third-order valence-corrected chi connectivity index (χ3v) is 3.20. The van der Waals surface area contributed by atoms with Crippen molar-refractivity contribution >= 4 is 5.69 Å². The number of furan rings is 1. The third kappa shape index (κ3) is 3.29. The summed E-state index contributed by atoms with van der Waals surface area (Å²) in [5.41, 5.74) is 9.05.